The average molecular weight is 155 g/mol. The van der Waals surface area contributed by atoms with Crippen molar-refractivity contribution in [1.82, 2.24) is 9.78 Å². The van der Waals surface area contributed by atoms with Gasteiger partial charge in [0.15, 0.2) is 12.0 Å². The lowest BCUT2D eigenvalue weighted by atomic mass is 10.3. The van der Waals surface area contributed by atoms with Gasteiger partial charge in [0.2, 0.25) is 0 Å². The van der Waals surface area contributed by atoms with Crippen molar-refractivity contribution in [3.8, 4) is 0 Å². The van der Waals surface area contributed by atoms with Crippen molar-refractivity contribution in [2.24, 2.45) is 0 Å². The van der Waals surface area contributed by atoms with Gasteiger partial charge in [-0.15, -0.1) is 0 Å². The highest BCUT2D eigenvalue weighted by molar-refractivity contribution is 5.02. The molecule has 1 heterocycles. The summed E-state index contributed by atoms with van der Waals surface area (Å²) >= 11 is 0. The highest BCUT2D eigenvalue weighted by Gasteiger charge is 2.07. The highest BCUT2D eigenvalue weighted by Crippen LogP contribution is 2.06. The molecule has 0 amide bonds. The summed E-state index contributed by atoms with van der Waals surface area (Å²) in [6, 6.07) is 0. The van der Waals surface area contributed by atoms with Gasteiger partial charge in [-0.05, 0) is 12.8 Å². The molecule has 0 spiro atoms. The van der Waals surface area contributed by atoms with Gasteiger partial charge in [0.25, 0.3) is 0 Å². The zero-order valence-electron chi connectivity index (χ0n) is 6.89. The van der Waals surface area contributed by atoms with Crippen LogP contribution in [-0.2, 0) is 13.0 Å². The first-order valence-electron chi connectivity index (χ1n) is 3.92. The SMILES string of the molecule is CCCn1n[c]c(F)c1CC. The summed E-state index contributed by atoms with van der Waals surface area (Å²) in [7, 11) is 0. The zero-order chi connectivity index (χ0) is 8.27. The maximum Gasteiger partial charge on any atom is 0.174 e. The molecule has 3 heteroatoms. The topological polar surface area (TPSA) is 17.8 Å². The van der Waals surface area contributed by atoms with Crippen LogP contribution in [0.25, 0.3) is 0 Å². The first-order valence-corrected chi connectivity index (χ1v) is 3.92. The van der Waals surface area contributed by atoms with Crippen molar-refractivity contribution >= 4 is 0 Å². The standard InChI is InChI=1S/C8H12FN2/c1-3-5-11-8(4-2)7(9)6-10-11/h3-5H2,1-2H3. The Kier molecular flexibility index (Phi) is 2.63. The largest absolute Gasteiger partial charge is 0.266 e. The molecule has 0 saturated heterocycles. The van der Waals surface area contributed by atoms with Crippen LogP contribution in [0.5, 0.6) is 0 Å². The molecule has 0 aliphatic carbocycles. The minimum atomic E-state index is -0.305. The number of hydrogen-bond acceptors (Lipinski definition) is 1. The Morgan fingerprint density at radius 1 is 1.55 bits per heavy atom. The summed E-state index contributed by atoms with van der Waals surface area (Å²) in [4.78, 5) is 0. The van der Waals surface area contributed by atoms with Gasteiger partial charge in [-0.3, -0.25) is 4.68 Å². The second-order valence-corrected chi connectivity index (χ2v) is 2.45. The van der Waals surface area contributed by atoms with E-state index in [2.05, 4.69) is 11.3 Å². The highest BCUT2D eigenvalue weighted by atomic mass is 19.1. The lowest BCUT2D eigenvalue weighted by molar-refractivity contribution is 0.553. The molecule has 0 aliphatic rings. The zero-order valence-corrected chi connectivity index (χ0v) is 6.89. The Labute approximate surface area is 66.0 Å². The monoisotopic (exact) mass is 155 g/mol. The van der Waals surface area contributed by atoms with Crippen LogP contribution < -0.4 is 0 Å². The van der Waals surface area contributed by atoms with Crippen LogP contribution in [0.4, 0.5) is 4.39 Å². The van der Waals surface area contributed by atoms with Crippen LogP contribution in [0.3, 0.4) is 0 Å². The second kappa shape index (κ2) is 3.51. The molecule has 11 heavy (non-hydrogen) atoms. The Hall–Kier alpha value is -0.860. The Morgan fingerprint density at radius 2 is 2.27 bits per heavy atom. The summed E-state index contributed by atoms with van der Waals surface area (Å²) in [5.74, 6) is -0.305. The van der Waals surface area contributed by atoms with E-state index in [1.54, 1.807) is 4.68 Å². The van der Waals surface area contributed by atoms with Gasteiger partial charge in [-0.2, -0.15) is 5.10 Å². The molecule has 2 nitrogen and oxygen atoms in total. The third kappa shape index (κ3) is 1.59. The summed E-state index contributed by atoms with van der Waals surface area (Å²) < 4.78 is 14.5. The van der Waals surface area contributed by atoms with Crippen molar-refractivity contribution in [3.63, 3.8) is 0 Å². The van der Waals surface area contributed by atoms with Gasteiger partial charge in [-0.1, -0.05) is 13.8 Å². The van der Waals surface area contributed by atoms with Gasteiger partial charge in [0.1, 0.15) is 0 Å². The lowest BCUT2D eigenvalue weighted by Crippen LogP contribution is -2.03. The maximum atomic E-state index is 12.8. The summed E-state index contributed by atoms with van der Waals surface area (Å²) in [6.07, 6.45) is 3.98. The van der Waals surface area contributed by atoms with Crippen LogP contribution >= 0.6 is 0 Å². The van der Waals surface area contributed by atoms with E-state index in [-0.39, 0.29) is 5.82 Å². The van der Waals surface area contributed by atoms with Gasteiger partial charge >= 0.3 is 0 Å². The smallest absolute Gasteiger partial charge is 0.174 e. The van der Waals surface area contributed by atoms with Crippen LogP contribution in [0.15, 0.2) is 0 Å². The third-order valence-electron chi connectivity index (χ3n) is 1.60. The molecule has 1 aromatic heterocycles. The van der Waals surface area contributed by atoms with E-state index in [1.165, 1.54) is 0 Å². The molecular weight excluding hydrogens is 143 g/mol. The van der Waals surface area contributed by atoms with Crippen LogP contribution in [0, 0.1) is 12.0 Å². The maximum absolute atomic E-state index is 12.8. The summed E-state index contributed by atoms with van der Waals surface area (Å²) in [5.41, 5.74) is 0.659. The van der Waals surface area contributed by atoms with Gasteiger partial charge < -0.3 is 0 Å². The van der Waals surface area contributed by atoms with Gasteiger partial charge in [-0.25, -0.2) is 4.39 Å². The number of aromatic nitrogens is 2. The molecule has 0 bridgehead atoms. The second-order valence-electron chi connectivity index (χ2n) is 2.45. The predicted molar refractivity (Wildman–Crippen MR) is 40.7 cm³/mol. The van der Waals surface area contributed by atoms with E-state index in [0.29, 0.717) is 12.1 Å². The van der Waals surface area contributed by atoms with Crippen molar-refractivity contribution < 1.29 is 4.39 Å². The molecule has 0 aromatic carbocycles. The van der Waals surface area contributed by atoms with Crippen LogP contribution in [0.1, 0.15) is 26.0 Å². The number of rotatable bonds is 3. The molecule has 0 unspecified atom stereocenters. The van der Waals surface area contributed by atoms with Gasteiger partial charge in [0.05, 0.1) is 5.69 Å². The van der Waals surface area contributed by atoms with E-state index in [1.807, 2.05) is 13.8 Å². The average Bonchev–Trinajstić information content (AvgIpc) is 2.33. The minimum Gasteiger partial charge on any atom is -0.266 e. The third-order valence-corrected chi connectivity index (χ3v) is 1.60. The number of hydrogen-bond donors (Lipinski definition) is 0. The molecule has 0 saturated carbocycles. The molecule has 1 aromatic rings. The lowest BCUT2D eigenvalue weighted by Gasteiger charge is -2.01. The molecule has 61 valence electrons. The van der Waals surface area contributed by atoms with Crippen molar-refractivity contribution in [1.29, 1.82) is 0 Å². The fraction of sp³-hybridized carbons (Fsp3) is 0.625. The van der Waals surface area contributed by atoms with Crippen LogP contribution in [-0.4, -0.2) is 9.78 Å². The minimum absolute atomic E-state index is 0.305. The molecule has 1 rings (SSSR count). The van der Waals surface area contributed by atoms with Crippen molar-refractivity contribution in [2.45, 2.75) is 33.2 Å². The number of nitrogens with zero attached hydrogens (tertiary/aromatic N) is 2. The first-order chi connectivity index (χ1) is 5.29. The molecule has 1 radical (unpaired) electrons. The van der Waals surface area contributed by atoms with E-state index in [0.717, 1.165) is 13.0 Å². The Bertz CT molecular complexity index is 230. The van der Waals surface area contributed by atoms with E-state index in [4.69, 9.17) is 0 Å². The van der Waals surface area contributed by atoms with Crippen molar-refractivity contribution in [3.05, 3.63) is 17.7 Å². The molecular formula is C8H12FN2. The first kappa shape index (κ1) is 8.24. The number of aryl methyl sites for hydroxylation is 1. The molecule has 0 atom stereocenters. The fourth-order valence-electron chi connectivity index (χ4n) is 1.08. The van der Waals surface area contributed by atoms with E-state index < -0.39 is 0 Å². The summed E-state index contributed by atoms with van der Waals surface area (Å²) in [6.45, 7) is 4.74. The normalized spacial score (nSPS) is 10.5. The number of halogens is 1. The van der Waals surface area contributed by atoms with E-state index in [9.17, 15) is 4.39 Å². The van der Waals surface area contributed by atoms with E-state index >= 15 is 0 Å². The Morgan fingerprint density at radius 3 is 2.82 bits per heavy atom. The summed E-state index contributed by atoms with van der Waals surface area (Å²) in [5, 5.41) is 3.79. The van der Waals surface area contributed by atoms with Crippen LogP contribution in [0.2, 0.25) is 0 Å². The molecule has 0 fully saturated rings. The predicted octanol–water partition coefficient (Wildman–Crippen LogP) is 1.79. The molecule has 0 N–H and O–H groups in total. The fourth-order valence-corrected chi connectivity index (χ4v) is 1.08. The van der Waals surface area contributed by atoms with Gasteiger partial charge in [0, 0.05) is 6.54 Å². The quantitative estimate of drug-likeness (QED) is 0.650. The Balaban J connectivity index is 2.86. The van der Waals surface area contributed by atoms with Crippen molar-refractivity contribution in [2.75, 3.05) is 0 Å². The molecule has 0 aliphatic heterocycles.